The number of hydrogen-bond donors (Lipinski definition) is 2. The van der Waals surface area contributed by atoms with Crippen molar-refractivity contribution in [2.24, 2.45) is 0 Å². The summed E-state index contributed by atoms with van der Waals surface area (Å²) in [6, 6.07) is 24.9. The number of ether oxygens (including phenoxy) is 1. The molecule has 0 amide bonds. The first-order valence-electron chi connectivity index (χ1n) is 13.7. The molecule has 0 spiro atoms. The average Bonchev–Trinajstić information content (AvgIpc) is 2.97. The van der Waals surface area contributed by atoms with E-state index in [4.69, 9.17) is 17.0 Å². The van der Waals surface area contributed by atoms with Gasteiger partial charge in [-0.05, 0) is 91.3 Å². The third kappa shape index (κ3) is 7.41. The molecule has 4 rings (SSSR count). The lowest BCUT2D eigenvalue weighted by molar-refractivity contribution is 0.431. The van der Waals surface area contributed by atoms with Gasteiger partial charge >= 0.3 is 0 Å². The third-order valence-electron chi connectivity index (χ3n) is 6.49. The summed E-state index contributed by atoms with van der Waals surface area (Å²) in [5.74, 6) is 1.10. The highest BCUT2D eigenvalue weighted by atomic mass is 32.1. The zero-order valence-electron chi connectivity index (χ0n) is 23.0. The molecular formula is C33H35N3O3S. The molecule has 0 aliphatic rings. The van der Waals surface area contributed by atoms with Gasteiger partial charge in [0.05, 0.1) is 5.69 Å². The fourth-order valence-electron chi connectivity index (χ4n) is 4.27. The Hall–Kier alpha value is -4.32. The topological polar surface area (TPSA) is 70.5 Å². The second-order valence-electron chi connectivity index (χ2n) is 9.48. The van der Waals surface area contributed by atoms with Crippen LogP contribution >= 0.6 is 12.2 Å². The van der Waals surface area contributed by atoms with Crippen molar-refractivity contribution in [1.82, 2.24) is 9.55 Å². The third-order valence-corrected chi connectivity index (χ3v) is 6.78. The van der Waals surface area contributed by atoms with Crippen molar-refractivity contribution in [3.63, 3.8) is 0 Å². The van der Waals surface area contributed by atoms with Gasteiger partial charge in [0.15, 0.2) is 4.77 Å². The van der Waals surface area contributed by atoms with Crippen molar-refractivity contribution in [2.75, 3.05) is 18.0 Å². The van der Waals surface area contributed by atoms with E-state index in [9.17, 15) is 9.90 Å². The molecule has 0 fully saturated rings. The van der Waals surface area contributed by atoms with E-state index >= 15 is 0 Å². The zero-order valence-corrected chi connectivity index (χ0v) is 23.8. The molecule has 0 aliphatic carbocycles. The van der Waals surface area contributed by atoms with Crippen LogP contribution in [0, 0.1) is 4.77 Å². The summed E-state index contributed by atoms with van der Waals surface area (Å²) in [6.45, 7) is 6.52. The summed E-state index contributed by atoms with van der Waals surface area (Å²) in [4.78, 5) is 17.7. The van der Waals surface area contributed by atoms with E-state index in [0.717, 1.165) is 24.4 Å². The summed E-state index contributed by atoms with van der Waals surface area (Å²) in [7, 11) is 0. The van der Waals surface area contributed by atoms with Crippen LogP contribution < -0.4 is 15.2 Å². The fraction of sp³-hybridized carbons (Fsp3) is 0.242. The molecule has 0 saturated carbocycles. The number of para-hydroxylation sites is 1. The quantitative estimate of drug-likeness (QED) is 0.137. The molecule has 0 aliphatic heterocycles. The molecule has 2 N–H and O–H groups in total. The number of unbranched alkanes of at least 4 members (excludes halogenated alkanes) is 2. The van der Waals surface area contributed by atoms with Gasteiger partial charge in [0.2, 0.25) is 5.88 Å². The van der Waals surface area contributed by atoms with Crippen molar-refractivity contribution in [2.45, 2.75) is 39.5 Å². The van der Waals surface area contributed by atoms with Crippen LogP contribution in [-0.4, -0.2) is 27.7 Å². The van der Waals surface area contributed by atoms with Gasteiger partial charge in [0.1, 0.15) is 17.1 Å². The van der Waals surface area contributed by atoms with Gasteiger partial charge in [0.25, 0.3) is 5.56 Å². The molecule has 7 heteroatoms. The number of nitrogens with zero attached hydrogens (tertiary/aromatic N) is 2. The first-order chi connectivity index (χ1) is 19.5. The lowest BCUT2D eigenvalue weighted by atomic mass is 10.1. The SMILES string of the molecule is CCCCN(CCCC)c1ccc(C=C=Cc2c(O)n(-c3ccc(Oc4ccccc4)cc3)c(=S)[nH]c2=O)cc1. The molecule has 0 saturated heterocycles. The number of benzene rings is 3. The smallest absolute Gasteiger partial charge is 0.263 e. The van der Waals surface area contributed by atoms with Crippen LogP contribution in [0.3, 0.4) is 0 Å². The highest BCUT2D eigenvalue weighted by Crippen LogP contribution is 2.25. The summed E-state index contributed by atoms with van der Waals surface area (Å²) < 4.78 is 7.34. The minimum absolute atomic E-state index is 0.0661. The summed E-state index contributed by atoms with van der Waals surface area (Å²) in [5.41, 5.74) is 5.36. The maximum absolute atomic E-state index is 12.6. The van der Waals surface area contributed by atoms with Crippen molar-refractivity contribution in [3.05, 3.63) is 111 Å². The molecule has 0 radical (unpaired) electrons. The van der Waals surface area contributed by atoms with Crippen LogP contribution in [0.25, 0.3) is 17.8 Å². The molecule has 1 aromatic heterocycles. The molecule has 3 aromatic carbocycles. The number of aromatic amines is 1. The van der Waals surface area contributed by atoms with Crippen LogP contribution in [0.2, 0.25) is 0 Å². The average molecular weight is 554 g/mol. The maximum atomic E-state index is 12.6. The van der Waals surface area contributed by atoms with Crippen molar-refractivity contribution < 1.29 is 9.84 Å². The molecule has 40 heavy (non-hydrogen) atoms. The first kappa shape index (κ1) is 28.7. The number of H-pyrrole nitrogens is 1. The van der Waals surface area contributed by atoms with Crippen molar-refractivity contribution >= 4 is 30.1 Å². The number of aromatic nitrogens is 2. The second kappa shape index (κ2) is 14.2. The number of anilines is 1. The molecule has 0 bridgehead atoms. The Morgan fingerprint density at radius 1 is 0.900 bits per heavy atom. The van der Waals surface area contributed by atoms with Gasteiger partial charge in [0, 0.05) is 18.8 Å². The Bertz CT molecular complexity index is 1560. The van der Waals surface area contributed by atoms with E-state index in [0.29, 0.717) is 11.4 Å². The minimum Gasteiger partial charge on any atom is -0.494 e. The Labute approximate surface area is 240 Å². The fourth-order valence-corrected chi connectivity index (χ4v) is 4.55. The first-order valence-corrected chi connectivity index (χ1v) is 14.1. The standard InChI is InChI=1S/C33H35N3O3S/c1-3-5-23-35(24-6-4-2)26-17-15-25(16-18-26)11-10-14-30-31(37)34-33(40)36(32(30)38)27-19-21-29(22-20-27)39-28-12-8-7-9-13-28/h7-9,11-22,38H,3-6,23-24H2,1-2H3,(H,34,37,40). The lowest BCUT2D eigenvalue weighted by Crippen LogP contribution is -2.25. The van der Waals surface area contributed by atoms with Crippen molar-refractivity contribution in [1.29, 1.82) is 0 Å². The lowest BCUT2D eigenvalue weighted by Gasteiger charge is -2.24. The van der Waals surface area contributed by atoms with E-state index < -0.39 is 5.56 Å². The largest absolute Gasteiger partial charge is 0.494 e. The zero-order chi connectivity index (χ0) is 28.3. The number of rotatable bonds is 12. The Morgan fingerprint density at radius 3 is 2.15 bits per heavy atom. The van der Waals surface area contributed by atoms with E-state index in [1.807, 2.05) is 42.5 Å². The highest BCUT2D eigenvalue weighted by molar-refractivity contribution is 7.71. The van der Waals surface area contributed by atoms with Gasteiger partial charge in [-0.25, -0.2) is 0 Å². The van der Waals surface area contributed by atoms with Gasteiger partial charge in [-0.1, -0.05) is 57.0 Å². The molecule has 206 valence electrons. The Balaban J connectivity index is 1.54. The van der Waals surface area contributed by atoms with Gasteiger partial charge in [-0.2, -0.15) is 0 Å². The predicted molar refractivity (Wildman–Crippen MR) is 166 cm³/mol. The predicted octanol–water partition coefficient (Wildman–Crippen LogP) is 8.13. The Kier molecular flexibility index (Phi) is 10.2. The maximum Gasteiger partial charge on any atom is 0.263 e. The molecular weight excluding hydrogens is 518 g/mol. The van der Waals surface area contributed by atoms with Crippen LogP contribution in [0.15, 0.2) is 89.4 Å². The van der Waals surface area contributed by atoms with Crippen molar-refractivity contribution in [3.8, 4) is 23.1 Å². The van der Waals surface area contributed by atoms with Crippen LogP contribution in [0.4, 0.5) is 5.69 Å². The molecule has 4 aromatic rings. The Morgan fingerprint density at radius 2 is 1.52 bits per heavy atom. The second-order valence-corrected chi connectivity index (χ2v) is 9.87. The van der Waals surface area contributed by atoms with Gasteiger partial charge in [-0.3, -0.25) is 14.3 Å². The molecule has 0 atom stereocenters. The van der Waals surface area contributed by atoms with Gasteiger partial charge in [-0.15, -0.1) is 5.73 Å². The van der Waals surface area contributed by atoms with E-state index in [2.05, 4.69) is 41.6 Å². The van der Waals surface area contributed by atoms with Crippen LogP contribution in [0.1, 0.15) is 50.7 Å². The number of hydrogen-bond acceptors (Lipinski definition) is 5. The van der Waals surface area contributed by atoms with E-state index in [1.54, 1.807) is 30.3 Å². The summed E-state index contributed by atoms with van der Waals surface area (Å²) in [5, 5.41) is 11.0. The van der Waals surface area contributed by atoms with Crippen LogP contribution in [0.5, 0.6) is 17.4 Å². The minimum atomic E-state index is -0.485. The van der Waals surface area contributed by atoms with Crippen LogP contribution in [-0.2, 0) is 0 Å². The molecule has 1 heterocycles. The van der Waals surface area contributed by atoms with Gasteiger partial charge < -0.3 is 14.7 Å². The molecule has 0 unspecified atom stereocenters. The summed E-state index contributed by atoms with van der Waals surface area (Å²) >= 11 is 5.35. The van der Waals surface area contributed by atoms with E-state index in [1.165, 1.54) is 42.0 Å². The number of aromatic hydroxyl groups is 1. The highest BCUT2D eigenvalue weighted by Gasteiger charge is 2.12. The molecule has 6 nitrogen and oxygen atoms in total. The summed E-state index contributed by atoms with van der Waals surface area (Å²) in [6.07, 6.45) is 7.92. The monoisotopic (exact) mass is 553 g/mol. The van der Waals surface area contributed by atoms with E-state index in [-0.39, 0.29) is 16.2 Å². The normalized spacial score (nSPS) is 10.6. The number of nitrogens with one attached hydrogen (secondary N) is 1.